The van der Waals surface area contributed by atoms with Crippen molar-refractivity contribution in [3.63, 3.8) is 0 Å². The molecule has 2 rings (SSSR count). The number of hydrogen-bond acceptors (Lipinski definition) is 3. The van der Waals surface area contributed by atoms with Gasteiger partial charge in [-0.05, 0) is 30.2 Å². The van der Waals surface area contributed by atoms with Crippen molar-refractivity contribution in [2.75, 3.05) is 17.7 Å². The quantitative estimate of drug-likeness (QED) is 0.768. The van der Waals surface area contributed by atoms with Crippen LogP contribution < -0.4 is 15.8 Å². The van der Waals surface area contributed by atoms with E-state index in [2.05, 4.69) is 40.3 Å². The fourth-order valence-electron chi connectivity index (χ4n) is 1.88. The van der Waals surface area contributed by atoms with Gasteiger partial charge in [0.15, 0.2) is 0 Å². The summed E-state index contributed by atoms with van der Waals surface area (Å²) in [7, 11) is 0. The van der Waals surface area contributed by atoms with Gasteiger partial charge in [-0.2, -0.15) is 0 Å². The zero-order chi connectivity index (χ0) is 14.4. The van der Waals surface area contributed by atoms with Gasteiger partial charge in [0.2, 0.25) is 0 Å². The molecule has 0 aliphatic carbocycles. The molecule has 0 aliphatic rings. The van der Waals surface area contributed by atoms with Crippen molar-refractivity contribution in [3.05, 3.63) is 52.5 Å². The van der Waals surface area contributed by atoms with E-state index in [9.17, 15) is 0 Å². The Kier molecular flexibility index (Phi) is 5.30. The van der Waals surface area contributed by atoms with Gasteiger partial charge in [0.25, 0.3) is 0 Å². The topological polar surface area (TPSA) is 47.3 Å². The van der Waals surface area contributed by atoms with Gasteiger partial charge in [-0.25, -0.2) is 0 Å². The first-order valence-electron chi connectivity index (χ1n) is 6.69. The van der Waals surface area contributed by atoms with Crippen molar-refractivity contribution >= 4 is 27.3 Å². The number of nitrogen functional groups attached to an aromatic ring is 1. The molecule has 0 radical (unpaired) electrons. The minimum Gasteiger partial charge on any atom is -0.493 e. The van der Waals surface area contributed by atoms with Crippen molar-refractivity contribution in [1.82, 2.24) is 0 Å². The number of hydrogen-bond donors (Lipinski definition) is 2. The van der Waals surface area contributed by atoms with Gasteiger partial charge < -0.3 is 15.8 Å². The average molecular weight is 335 g/mol. The molecule has 0 unspecified atom stereocenters. The summed E-state index contributed by atoms with van der Waals surface area (Å²) in [5.41, 5.74) is 8.78. The first kappa shape index (κ1) is 14.7. The van der Waals surface area contributed by atoms with Crippen LogP contribution in [0.5, 0.6) is 5.75 Å². The van der Waals surface area contributed by atoms with Crippen LogP contribution in [-0.2, 0) is 6.54 Å². The van der Waals surface area contributed by atoms with Crippen LogP contribution in [0.1, 0.15) is 18.9 Å². The van der Waals surface area contributed by atoms with E-state index in [0.717, 1.165) is 28.9 Å². The Morgan fingerprint density at radius 3 is 2.80 bits per heavy atom. The largest absolute Gasteiger partial charge is 0.493 e. The first-order valence-corrected chi connectivity index (χ1v) is 7.48. The Morgan fingerprint density at radius 2 is 2.05 bits per heavy atom. The minimum atomic E-state index is 0.703. The molecule has 0 aliphatic heterocycles. The van der Waals surface area contributed by atoms with E-state index in [-0.39, 0.29) is 0 Å². The highest BCUT2D eigenvalue weighted by Crippen LogP contribution is 2.23. The zero-order valence-electron chi connectivity index (χ0n) is 11.5. The molecule has 106 valence electrons. The second kappa shape index (κ2) is 7.20. The van der Waals surface area contributed by atoms with E-state index in [0.29, 0.717) is 12.3 Å². The third-order valence-electron chi connectivity index (χ3n) is 2.79. The summed E-state index contributed by atoms with van der Waals surface area (Å²) in [6, 6.07) is 13.9. The second-order valence-corrected chi connectivity index (χ2v) is 5.54. The molecule has 0 bridgehead atoms. The summed E-state index contributed by atoms with van der Waals surface area (Å²) in [4.78, 5) is 0. The van der Waals surface area contributed by atoms with Crippen LogP contribution >= 0.6 is 15.9 Å². The highest BCUT2D eigenvalue weighted by Gasteiger charge is 2.01. The number of nitrogens with one attached hydrogen (secondary N) is 1. The lowest BCUT2D eigenvalue weighted by atomic mass is 10.2. The summed E-state index contributed by atoms with van der Waals surface area (Å²) in [5.74, 6) is 0.809. The summed E-state index contributed by atoms with van der Waals surface area (Å²) in [5, 5.41) is 3.36. The lowest BCUT2D eigenvalue weighted by molar-refractivity contribution is 0.318. The Hall–Kier alpha value is -1.68. The molecule has 4 heteroatoms. The number of ether oxygens (including phenoxy) is 1. The summed E-state index contributed by atoms with van der Waals surface area (Å²) < 4.78 is 6.70. The molecule has 0 atom stereocenters. The van der Waals surface area contributed by atoms with Gasteiger partial charge in [-0.1, -0.05) is 35.0 Å². The normalized spacial score (nSPS) is 10.3. The van der Waals surface area contributed by atoms with E-state index in [4.69, 9.17) is 10.5 Å². The van der Waals surface area contributed by atoms with Crippen LogP contribution in [-0.4, -0.2) is 6.61 Å². The summed E-state index contributed by atoms with van der Waals surface area (Å²) in [6.45, 7) is 3.53. The fraction of sp³-hybridized carbons (Fsp3) is 0.250. The number of anilines is 2. The molecule has 0 heterocycles. The standard InChI is InChI=1S/C16H19BrN2O/c1-2-6-20-16-9-14(18)8-15(10-16)19-11-12-4-3-5-13(17)7-12/h3-5,7-10,19H,2,6,11,18H2,1H3. The molecule has 0 spiro atoms. The molecule has 0 aromatic heterocycles. The molecule has 2 aromatic carbocycles. The maximum atomic E-state index is 5.90. The van der Waals surface area contributed by atoms with Crippen LogP contribution in [0.4, 0.5) is 11.4 Å². The van der Waals surface area contributed by atoms with E-state index in [1.807, 2.05) is 30.3 Å². The number of nitrogens with two attached hydrogens (primary N) is 1. The third kappa shape index (κ3) is 4.46. The number of halogens is 1. The molecule has 0 saturated carbocycles. The van der Waals surface area contributed by atoms with Gasteiger partial charge >= 0.3 is 0 Å². The van der Waals surface area contributed by atoms with E-state index in [1.165, 1.54) is 5.56 Å². The number of benzene rings is 2. The van der Waals surface area contributed by atoms with Gasteiger partial charge in [-0.15, -0.1) is 0 Å². The summed E-state index contributed by atoms with van der Waals surface area (Å²) in [6.07, 6.45) is 0.982. The van der Waals surface area contributed by atoms with Crippen LogP contribution in [0.25, 0.3) is 0 Å². The van der Waals surface area contributed by atoms with Gasteiger partial charge in [0, 0.05) is 34.5 Å². The van der Waals surface area contributed by atoms with E-state index >= 15 is 0 Å². The molecule has 0 saturated heterocycles. The Labute approximate surface area is 128 Å². The van der Waals surface area contributed by atoms with Crippen molar-refractivity contribution < 1.29 is 4.74 Å². The van der Waals surface area contributed by atoms with Crippen LogP contribution in [0.2, 0.25) is 0 Å². The van der Waals surface area contributed by atoms with E-state index in [1.54, 1.807) is 0 Å². The highest BCUT2D eigenvalue weighted by molar-refractivity contribution is 9.10. The molecule has 3 nitrogen and oxygen atoms in total. The zero-order valence-corrected chi connectivity index (χ0v) is 13.1. The summed E-state index contributed by atoms with van der Waals surface area (Å²) >= 11 is 3.47. The maximum Gasteiger partial charge on any atom is 0.123 e. The molecular formula is C16H19BrN2O. The Bertz CT molecular complexity index is 572. The monoisotopic (exact) mass is 334 g/mol. The first-order chi connectivity index (χ1) is 9.67. The lowest BCUT2D eigenvalue weighted by Crippen LogP contribution is -2.02. The van der Waals surface area contributed by atoms with E-state index < -0.39 is 0 Å². The Morgan fingerprint density at radius 1 is 1.20 bits per heavy atom. The molecule has 3 N–H and O–H groups in total. The molecular weight excluding hydrogens is 316 g/mol. The van der Waals surface area contributed by atoms with Gasteiger partial charge in [0.1, 0.15) is 5.75 Å². The Balaban J connectivity index is 2.03. The van der Waals surface area contributed by atoms with Crippen LogP contribution in [0, 0.1) is 0 Å². The van der Waals surface area contributed by atoms with Crippen LogP contribution in [0.15, 0.2) is 46.9 Å². The predicted molar refractivity (Wildman–Crippen MR) is 88.1 cm³/mol. The fourth-order valence-corrected chi connectivity index (χ4v) is 2.33. The van der Waals surface area contributed by atoms with Crippen molar-refractivity contribution in [1.29, 1.82) is 0 Å². The number of rotatable bonds is 6. The molecule has 0 fully saturated rings. The van der Waals surface area contributed by atoms with Crippen LogP contribution in [0.3, 0.4) is 0 Å². The molecule has 2 aromatic rings. The van der Waals surface area contributed by atoms with Gasteiger partial charge in [-0.3, -0.25) is 0 Å². The maximum absolute atomic E-state index is 5.90. The van der Waals surface area contributed by atoms with Crippen molar-refractivity contribution in [2.45, 2.75) is 19.9 Å². The molecule has 20 heavy (non-hydrogen) atoms. The third-order valence-corrected chi connectivity index (χ3v) is 3.28. The predicted octanol–water partition coefficient (Wildman–Crippen LogP) is 4.43. The highest BCUT2D eigenvalue weighted by atomic mass is 79.9. The van der Waals surface area contributed by atoms with Crippen molar-refractivity contribution in [3.8, 4) is 5.75 Å². The van der Waals surface area contributed by atoms with Gasteiger partial charge in [0.05, 0.1) is 6.61 Å². The SMILES string of the molecule is CCCOc1cc(N)cc(NCc2cccc(Br)c2)c1. The van der Waals surface area contributed by atoms with Crippen molar-refractivity contribution in [2.24, 2.45) is 0 Å². The second-order valence-electron chi connectivity index (χ2n) is 4.62. The molecule has 0 amide bonds. The lowest BCUT2D eigenvalue weighted by Gasteiger charge is -2.11. The average Bonchev–Trinajstić information content (AvgIpc) is 2.42. The smallest absolute Gasteiger partial charge is 0.123 e. The minimum absolute atomic E-state index is 0.703.